The number of rotatable bonds is 6. The van der Waals surface area contributed by atoms with E-state index in [0.29, 0.717) is 17.9 Å². The zero-order valence-electron chi connectivity index (χ0n) is 13.9. The lowest BCUT2D eigenvalue weighted by atomic mass is 10.2. The molecule has 0 unspecified atom stereocenters. The van der Waals surface area contributed by atoms with Crippen LogP contribution >= 0.6 is 15.9 Å². The first-order valence-corrected chi connectivity index (χ1v) is 8.86. The molecule has 0 fully saturated rings. The van der Waals surface area contributed by atoms with E-state index in [1.54, 1.807) is 24.4 Å². The van der Waals surface area contributed by atoms with Crippen molar-refractivity contribution >= 4 is 28.1 Å². The molecule has 4 nitrogen and oxygen atoms in total. The van der Waals surface area contributed by atoms with Crippen LogP contribution in [-0.4, -0.2) is 12.1 Å². The Hall–Kier alpha value is -2.92. The zero-order chi connectivity index (χ0) is 18.2. The average Bonchev–Trinajstić information content (AvgIpc) is 2.68. The molecule has 3 rings (SSSR count). The first kappa shape index (κ1) is 17.9. The molecular weight excluding hydrogens is 392 g/mol. The van der Waals surface area contributed by atoms with Crippen molar-refractivity contribution in [2.24, 2.45) is 5.10 Å². The minimum Gasteiger partial charge on any atom is -0.488 e. The van der Waals surface area contributed by atoms with Crippen LogP contribution in [0.15, 0.2) is 88.4 Å². The largest absolute Gasteiger partial charge is 0.488 e. The molecule has 0 saturated carbocycles. The molecule has 3 aromatic carbocycles. The summed E-state index contributed by atoms with van der Waals surface area (Å²) in [7, 11) is 0. The number of para-hydroxylation sites is 1. The van der Waals surface area contributed by atoms with Crippen LogP contribution in [-0.2, 0) is 6.61 Å². The molecule has 130 valence electrons. The maximum absolute atomic E-state index is 12.1. The van der Waals surface area contributed by atoms with Gasteiger partial charge in [0.2, 0.25) is 0 Å². The van der Waals surface area contributed by atoms with E-state index in [0.717, 1.165) is 15.6 Å². The van der Waals surface area contributed by atoms with Gasteiger partial charge in [-0.3, -0.25) is 4.79 Å². The Bertz CT molecular complexity index is 911. The van der Waals surface area contributed by atoms with Crippen LogP contribution in [0.5, 0.6) is 5.75 Å². The predicted octanol–water partition coefficient (Wildman–Crippen LogP) is 4.79. The van der Waals surface area contributed by atoms with E-state index < -0.39 is 0 Å². The van der Waals surface area contributed by atoms with Crippen LogP contribution in [0.2, 0.25) is 0 Å². The van der Waals surface area contributed by atoms with Crippen molar-refractivity contribution in [3.63, 3.8) is 0 Å². The molecular formula is C21H17BrN2O2. The number of hydrazone groups is 1. The van der Waals surface area contributed by atoms with Gasteiger partial charge >= 0.3 is 0 Å². The highest BCUT2D eigenvalue weighted by Crippen LogP contribution is 2.17. The number of halogens is 1. The summed E-state index contributed by atoms with van der Waals surface area (Å²) < 4.78 is 6.71. The van der Waals surface area contributed by atoms with Gasteiger partial charge in [-0.2, -0.15) is 5.10 Å². The summed E-state index contributed by atoms with van der Waals surface area (Å²) in [5.74, 6) is 0.432. The Morgan fingerprint density at radius 3 is 2.58 bits per heavy atom. The van der Waals surface area contributed by atoms with Gasteiger partial charge in [0.25, 0.3) is 5.91 Å². The number of ether oxygens (including phenoxy) is 1. The maximum Gasteiger partial charge on any atom is 0.271 e. The number of carbonyl (C=O) groups is 1. The standard InChI is InChI=1S/C21H17BrN2O2/c22-19-11-6-10-17(13-19)21(25)24-23-14-18-9-4-5-12-20(18)26-15-16-7-2-1-3-8-16/h1-14H,15H2,(H,24,25)/b23-14-. The molecule has 0 aliphatic heterocycles. The summed E-state index contributed by atoms with van der Waals surface area (Å²) >= 11 is 3.35. The highest BCUT2D eigenvalue weighted by molar-refractivity contribution is 9.10. The maximum atomic E-state index is 12.1. The normalized spacial score (nSPS) is 10.7. The van der Waals surface area contributed by atoms with Gasteiger partial charge in [0.05, 0.1) is 6.21 Å². The molecule has 5 heteroatoms. The van der Waals surface area contributed by atoms with Gasteiger partial charge in [-0.05, 0) is 35.9 Å². The van der Waals surface area contributed by atoms with Crippen LogP contribution in [0.4, 0.5) is 0 Å². The Morgan fingerprint density at radius 2 is 1.77 bits per heavy atom. The molecule has 0 heterocycles. The Labute approximate surface area is 160 Å². The van der Waals surface area contributed by atoms with Crippen LogP contribution < -0.4 is 10.2 Å². The molecule has 1 N–H and O–H groups in total. The van der Waals surface area contributed by atoms with Crippen LogP contribution in [0, 0.1) is 0 Å². The summed E-state index contributed by atoms with van der Waals surface area (Å²) in [4.78, 5) is 12.1. The highest BCUT2D eigenvalue weighted by Gasteiger charge is 2.05. The number of nitrogens with one attached hydrogen (secondary N) is 1. The number of benzene rings is 3. The van der Waals surface area contributed by atoms with Gasteiger partial charge in [0, 0.05) is 15.6 Å². The monoisotopic (exact) mass is 408 g/mol. The summed E-state index contributed by atoms with van der Waals surface area (Å²) in [5.41, 5.74) is 4.94. The summed E-state index contributed by atoms with van der Waals surface area (Å²) in [6, 6.07) is 24.6. The van der Waals surface area contributed by atoms with E-state index >= 15 is 0 Å². The molecule has 0 saturated heterocycles. The van der Waals surface area contributed by atoms with Crippen molar-refractivity contribution in [3.05, 3.63) is 100 Å². The number of hydrogen-bond acceptors (Lipinski definition) is 3. The van der Waals surface area contributed by atoms with Gasteiger partial charge in [-0.1, -0.05) is 64.5 Å². The van der Waals surface area contributed by atoms with E-state index in [2.05, 4.69) is 26.5 Å². The van der Waals surface area contributed by atoms with Crippen molar-refractivity contribution in [1.82, 2.24) is 5.43 Å². The summed E-state index contributed by atoms with van der Waals surface area (Å²) in [6.45, 7) is 0.468. The number of nitrogens with zero attached hydrogens (tertiary/aromatic N) is 1. The predicted molar refractivity (Wildman–Crippen MR) is 106 cm³/mol. The van der Waals surface area contributed by atoms with Crippen molar-refractivity contribution in [1.29, 1.82) is 0 Å². The van der Waals surface area contributed by atoms with Crippen molar-refractivity contribution in [2.45, 2.75) is 6.61 Å². The molecule has 3 aromatic rings. The topological polar surface area (TPSA) is 50.7 Å². The summed E-state index contributed by atoms with van der Waals surface area (Å²) in [6.07, 6.45) is 1.58. The van der Waals surface area contributed by atoms with Crippen molar-refractivity contribution < 1.29 is 9.53 Å². The van der Waals surface area contributed by atoms with Crippen molar-refractivity contribution in [3.8, 4) is 5.75 Å². The number of hydrogen-bond donors (Lipinski definition) is 1. The van der Waals surface area contributed by atoms with E-state index in [4.69, 9.17) is 4.74 Å². The van der Waals surface area contributed by atoms with E-state index in [-0.39, 0.29) is 5.91 Å². The quantitative estimate of drug-likeness (QED) is 0.470. The molecule has 0 atom stereocenters. The van der Waals surface area contributed by atoms with Gasteiger partial charge in [-0.25, -0.2) is 5.43 Å². The lowest BCUT2D eigenvalue weighted by Crippen LogP contribution is -2.17. The number of amides is 1. The second-order valence-electron chi connectivity index (χ2n) is 5.52. The third-order valence-electron chi connectivity index (χ3n) is 3.61. The van der Waals surface area contributed by atoms with Crippen LogP contribution in [0.1, 0.15) is 21.5 Å². The molecule has 0 aliphatic rings. The van der Waals surface area contributed by atoms with Gasteiger partial charge in [0.15, 0.2) is 0 Å². The van der Waals surface area contributed by atoms with Gasteiger partial charge in [0.1, 0.15) is 12.4 Å². The van der Waals surface area contributed by atoms with Crippen LogP contribution in [0.25, 0.3) is 0 Å². The van der Waals surface area contributed by atoms with E-state index in [1.807, 2.05) is 60.7 Å². The smallest absolute Gasteiger partial charge is 0.271 e. The fourth-order valence-electron chi connectivity index (χ4n) is 2.31. The lowest BCUT2D eigenvalue weighted by Gasteiger charge is -2.09. The Balaban J connectivity index is 1.64. The third kappa shape index (κ3) is 5.04. The minimum atomic E-state index is -0.273. The van der Waals surface area contributed by atoms with Crippen LogP contribution in [0.3, 0.4) is 0 Å². The SMILES string of the molecule is O=C(N/N=C\c1ccccc1OCc1ccccc1)c1cccc(Br)c1. The molecule has 1 amide bonds. The first-order valence-electron chi connectivity index (χ1n) is 8.07. The highest BCUT2D eigenvalue weighted by atomic mass is 79.9. The molecule has 0 aliphatic carbocycles. The summed E-state index contributed by atoms with van der Waals surface area (Å²) in [5, 5.41) is 4.04. The fourth-order valence-corrected chi connectivity index (χ4v) is 2.71. The molecule has 0 radical (unpaired) electrons. The molecule has 0 bridgehead atoms. The zero-order valence-corrected chi connectivity index (χ0v) is 15.5. The average molecular weight is 409 g/mol. The second kappa shape index (κ2) is 8.97. The van der Waals surface area contributed by atoms with E-state index in [9.17, 15) is 4.79 Å². The minimum absolute atomic E-state index is 0.273. The Kier molecular flexibility index (Phi) is 6.17. The Morgan fingerprint density at radius 1 is 1.00 bits per heavy atom. The van der Waals surface area contributed by atoms with Gasteiger partial charge in [-0.15, -0.1) is 0 Å². The van der Waals surface area contributed by atoms with E-state index in [1.165, 1.54) is 0 Å². The first-order chi connectivity index (χ1) is 12.7. The van der Waals surface area contributed by atoms with Gasteiger partial charge < -0.3 is 4.74 Å². The number of carbonyl (C=O) groups excluding carboxylic acids is 1. The van der Waals surface area contributed by atoms with Crippen molar-refractivity contribution in [2.75, 3.05) is 0 Å². The molecule has 26 heavy (non-hydrogen) atoms. The molecule has 0 aromatic heterocycles. The second-order valence-corrected chi connectivity index (χ2v) is 6.44. The molecule has 0 spiro atoms. The fraction of sp³-hybridized carbons (Fsp3) is 0.0476. The third-order valence-corrected chi connectivity index (χ3v) is 4.11. The lowest BCUT2D eigenvalue weighted by molar-refractivity contribution is 0.0955.